The molecule has 4 aromatic heterocycles. The molecular weight excluding hydrogens is 454 g/mol. The minimum atomic E-state index is -0.500. The number of fused-ring (bicyclic) bond motifs is 1. The van der Waals surface area contributed by atoms with Gasteiger partial charge in [0.2, 0.25) is 0 Å². The van der Waals surface area contributed by atoms with Gasteiger partial charge < -0.3 is 14.6 Å². The second-order valence-corrected chi connectivity index (χ2v) is 8.34. The Labute approximate surface area is 200 Å². The highest BCUT2D eigenvalue weighted by Gasteiger charge is 2.19. The van der Waals surface area contributed by atoms with Crippen LogP contribution in [0.5, 0.6) is 0 Å². The van der Waals surface area contributed by atoms with E-state index in [4.69, 9.17) is 16.3 Å². The number of aryl methyl sites for hydroxylation is 2. The molecule has 0 saturated carbocycles. The number of carbonyl (C=O) groups excluding carboxylic acids is 1. The fourth-order valence-electron chi connectivity index (χ4n) is 3.91. The van der Waals surface area contributed by atoms with Gasteiger partial charge in [-0.15, -0.1) is 0 Å². The first-order valence-corrected chi connectivity index (χ1v) is 10.9. The van der Waals surface area contributed by atoms with Crippen molar-refractivity contribution in [3.8, 4) is 22.5 Å². The first-order chi connectivity index (χ1) is 16.4. The van der Waals surface area contributed by atoms with Gasteiger partial charge in [0.1, 0.15) is 11.6 Å². The molecule has 0 aliphatic carbocycles. The van der Waals surface area contributed by atoms with Crippen LogP contribution in [0.3, 0.4) is 0 Å². The second kappa shape index (κ2) is 8.35. The third-order valence-electron chi connectivity index (χ3n) is 5.79. The van der Waals surface area contributed by atoms with E-state index in [1.165, 1.54) is 11.7 Å². The van der Waals surface area contributed by atoms with Gasteiger partial charge >= 0.3 is 6.09 Å². The van der Waals surface area contributed by atoms with Gasteiger partial charge in [-0.1, -0.05) is 17.7 Å². The number of hydrogen-bond donors (Lipinski definition) is 1. The van der Waals surface area contributed by atoms with Gasteiger partial charge in [-0.05, 0) is 25.1 Å². The van der Waals surface area contributed by atoms with Gasteiger partial charge in [-0.3, -0.25) is 4.68 Å². The summed E-state index contributed by atoms with van der Waals surface area (Å²) in [6, 6.07) is 9.43. The van der Waals surface area contributed by atoms with Crippen LogP contribution in [0.15, 0.2) is 55.1 Å². The van der Waals surface area contributed by atoms with Crippen molar-refractivity contribution in [1.82, 2.24) is 28.9 Å². The van der Waals surface area contributed by atoms with Crippen molar-refractivity contribution in [2.45, 2.75) is 6.92 Å². The average Bonchev–Trinajstić information content (AvgIpc) is 3.51. The molecule has 0 saturated heterocycles. The van der Waals surface area contributed by atoms with Crippen molar-refractivity contribution in [2.75, 3.05) is 12.4 Å². The van der Waals surface area contributed by atoms with Crippen molar-refractivity contribution in [2.24, 2.45) is 14.1 Å². The number of aromatic nitrogens is 6. The average molecular weight is 476 g/mol. The van der Waals surface area contributed by atoms with Gasteiger partial charge in [0.25, 0.3) is 0 Å². The van der Waals surface area contributed by atoms with E-state index in [0.717, 1.165) is 28.0 Å². The van der Waals surface area contributed by atoms with Crippen LogP contribution in [-0.2, 0) is 18.8 Å². The summed E-state index contributed by atoms with van der Waals surface area (Å²) in [5.41, 5.74) is 4.75. The molecule has 5 rings (SSSR count). The molecule has 0 atom stereocenters. The minimum absolute atomic E-state index is 0.500. The van der Waals surface area contributed by atoms with Crippen LogP contribution >= 0.6 is 11.6 Å². The Kier molecular flexibility index (Phi) is 5.33. The Bertz CT molecular complexity index is 1550. The lowest BCUT2D eigenvalue weighted by atomic mass is 10.1. The van der Waals surface area contributed by atoms with E-state index in [1.807, 2.05) is 62.2 Å². The smallest absolute Gasteiger partial charge is 0.418 e. The summed E-state index contributed by atoms with van der Waals surface area (Å²) in [6.45, 7) is 1.95. The molecule has 172 valence electrons. The van der Waals surface area contributed by atoms with Crippen molar-refractivity contribution in [1.29, 1.82) is 0 Å². The molecule has 0 fully saturated rings. The number of nitrogens with one attached hydrogen (secondary N) is 1. The van der Waals surface area contributed by atoms with Gasteiger partial charge in [0.15, 0.2) is 0 Å². The highest BCUT2D eigenvalue weighted by molar-refractivity contribution is 6.33. The molecule has 1 N–H and O–H groups in total. The van der Waals surface area contributed by atoms with Crippen LogP contribution < -0.4 is 5.32 Å². The molecule has 34 heavy (non-hydrogen) atoms. The lowest BCUT2D eigenvalue weighted by Gasteiger charge is -2.11. The van der Waals surface area contributed by atoms with Crippen molar-refractivity contribution >= 4 is 40.1 Å². The maximum absolute atomic E-state index is 12.7. The Balaban J connectivity index is 1.52. The van der Waals surface area contributed by atoms with Gasteiger partial charge in [0, 0.05) is 49.1 Å². The SMILES string of the molecule is COC(=O)n1c(-c2cnn(C)c2)cc2cnc(Nc3ccc(-c4cnc(C)n4C)cc3Cl)cc21. The number of methoxy groups -OCH3 is 1. The van der Waals surface area contributed by atoms with E-state index in [-0.39, 0.29) is 0 Å². The van der Waals surface area contributed by atoms with Crippen LogP contribution in [0.1, 0.15) is 5.82 Å². The molecule has 0 bridgehead atoms. The fraction of sp³-hybridized carbons (Fsp3) is 0.167. The molecule has 5 aromatic rings. The highest BCUT2D eigenvalue weighted by atomic mass is 35.5. The van der Waals surface area contributed by atoms with E-state index in [2.05, 4.69) is 20.4 Å². The summed E-state index contributed by atoms with van der Waals surface area (Å²) in [5.74, 6) is 1.46. The van der Waals surface area contributed by atoms with Crippen LogP contribution in [0.25, 0.3) is 33.4 Å². The zero-order valence-electron chi connectivity index (χ0n) is 19.1. The maximum Gasteiger partial charge on any atom is 0.418 e. The normalized spacial score (nSPS) is 11.2. The number of hydrogen-bond acceptors (Lipinski definition) is 6. The number of ether oxygens (including phenoxy) is 1. The molecule has 0 radical (unpaired) electrons. The Hall–Kier alpha value is -4.11. The summed E-state index contributed by atoms with van der Waals surface area (Å²) in [5, 5.41) is 8.80. The first kappa shape index (κ1) is 21.7. The number of anilines is 2. The molecular formula is C24H22ClN7O2. The molecule has 4 heterocycles. The van der Waals surface area contributed by atoms with E-state index >= 15 is 0 Å². The van der Waals surface area contributed by atoms with Crippen molar-refractivity contribution < 1.29 is 9.53 Å². The topological polar surface area (TPSA) is 91.8 Å². The summed E-state index contributed by atoms with van der Waals surface area (Å²) in [6.07, 6.45) is 6.57. The zero-order chi connectivity index (χ0) is 24.0. The molecule has 1 aromatic carbocycles. The molecule has 10 heteroatoms. The van der Waals surface area contributed by atoms with Gasteiger partial charge in [0.05, 0.1) is 47.1 Å². The molecule has 0 amide bonds. The van der Waals surface area contributed by atoms with E-state index < -0.39 is 6.09 Å². The molecule has 9 nitrogen and oxygen atoms in total. The third-order valence-corrected chi connectivity index (χ3v) is 6.10. The highest BCUT2D eigenvalue weighted by Crippen LogP contribution is 2.33. The number of halogens is 1. The van der Waals surface area contributed by atoms with Crippen LogP contribution in [-0.4, -0.2) is 42.1 Å². The largest absolute Gasteiger partial charge is 0.452 e. The third kappa shape index (κ3) is 3.69. The predicted octanol–water partition coefficient (Wildman–Crippen LogP) is 5.16. The van der Waals surface area contributed by atoms with Crippen molar-refractivity contribution in [3.63, 3.8) is 0 Å². The van der Waals surface area contributed by atoms with Crippen LogP contribution in [0.2, 0.25) is 5.02 Å². The lowest BCUT2D eigenvalue weighted by Crippen LogP contribution is -2.12. The van der Waals surface area contributed by atoms with Gasteiger partial charge in [-0.2, -0.15) is 5.10 Å². The van der Waals surface area contributed by atoms with E-state index in [0.29, 0.717) is 27.7 Å². The van der Waals surface area contributed by atoms with Gasteiger partial charge in [-0.25, -0.2) is 19.3 Å². The quantitative estimate of drug-likeness (QED) is 0.386. The van der Waals surface area contributed by atoms with E-state index in [1.54, 1.807) is 23.1 Å². The van der Waals surface area contributed by atoms with Crippen molar-refractivity contribution in [3.05, 3.63) is 66.0 Å². The number of nitrogens with zero attached hydrogens (tertiary/aromatic N) is 6. The Morgan fingerprint density at radius 1 is 1.03 bits per heavy atom. The number of pyridine rings is 1. The second-order valence-electron chi connectivity index (χ2n) is 7.94. The summed E-state index contributed by atoms with van der Waals surface area (Å²) >= 11 is 6.59. The van der Waals surface area contributed by atoms with E-state index in [9.17, 15) is 4.79 Å². The zero-order valence-corrected chi connectivity index (χ0v) is 19.8. The molecule has 0 aliphatic rings. The minimum Gasteiger partial charge on any atom is -0.452 e. The maximum atomic E-state index is 12.7. The van der Waals surface area contributed by atoms with Crippen LogP contribution in [0, 0.1) is 6.92 Å². The summed E-state index contributed by atoms with van der Waals surface area (Å²) in [7, 11) is 5.14. The lowest BCUT2D eigenvalue weighted by molar-refractivity contribution is 0.174. The molecule has 0 spiro atoms. The summed E-state index contributed by atoms with van der Waals surface area (Å²) in [4.78, 5) is 21.5. The Morgan fingerprint density at radius 2 is 1.85 bits per heavy atom. The number of benzene rings is 1. The number of rotatable bonds is 4. The standard InChI is InChI=1S/C24H22ClN7O2/c1-14-26-12-22(31(14)3)15-5-6-19(18(25)7-15)29-23-9-21-16(10-27-23)8-20(32(21)24(33)34-4)17-11-28-30(2)13-17/h5-13H,1-4H3,(H,27,29). The Morgan fingerprint density at radius 3 is 2.50 bits per heavy atom. The monoisotopic (exact) mass is 475 g/mol. The summed E-state index contributed by atoms with van der Waals surface area (Å²) < 4.78 is 10.2. The molecule has 0 unspecified atom stereocenters. The fourth-order valence-corrected chi connectivity index (χ4v) is 4.14. The van der Waals surface area contributed by atoms with Crippen LogP contribution in [0.4, 0.5) is 16.3 Å². The number of carbonyl (C=O) groups is 1. The predicted molar refractivity (Wildman–Crippen MR) is 131 cm³/mol. The molecule has 0 aliphatic heterocycles. The first-order valence-electron chi connectivity index (χ1n) is 10.5. The number of imidazole rings is 1.